The highest BCUT2D eigenvalue weighted by atomic mass is 16.6. The first kappa shape index (κ1) is 22.0. The minimum Gasteiger partial charge on any atom is -0.382 e. The van der Waals surface area contributed by atoms with E-state index in [0.29, 0.717) is 43.3 Å². The van der Waals surface area contributed by atoms with E-state index in [1.54, 1.807) is 16.6 Å². The van der Waals surface area contributed by atoms with Gasteiger partial charge in [-0.15, -0.1) is 0 Å². The molecule has 1 unspecified atom stereocenters. The van der Waals surface area contributed by atoms with E-state index in [2.05, 4.69) is 16.2 Å². The lowest BCUT2D eigenvalue weighted by Gasteiger charge is -2.27. The van der Waals surface area contributed by atoms with E-state index in [4.69, 9.17) is 19.9 Å². The number of anilines is 1. The third-order valence-corrected chi connectivity index (χ3v) is 6.02. The highest BCUT2D eigenvalue weighted by Crippen LogP contribution is 2.42. The van der Waals surface area contributed by atoms with Crippen molar-refractivity contribution in [2.75, 3.05) is 12.3 Å². The number of rotatable bonds is 8. The Bertz CT molecular complexity index is 1290. The molecule has 0 bridgehead atoms. The van der Waals surface area contributed by atoms with Crippen LogP contribution in [-0.4, -0.2) is 33.4 Å². The molecular weight excluding hydrogens is 430 g/mol. The molecule has 3 heterocycles. The Morgan fingerprint density at radius 3 is 2.44 bits per heavy atom. The van der Waals surface area contributed by atoms with E-state index in [1.807, 2.05) is 60.7 Å². The number of aromatic nitrogens is 3. The molecule has 4 aromatic rings. The Kier molecular flexibility index (Phi) is 6.23. The number of nitrogens with two attached hydrogens (primary N) is 1. The fourth-order valence-corrected chi connectivity index (χ4v) is 4.35. The zero-order valence-electron chi connectivity index (χ0n) is 18.6. The van der Waals surface area contributed by atoms with Crippen molar-refractivity contribution >= 4 is 11.3 Å². The van der Waals surface area contributed by atoms with E-state index in [1.165, 1.54) is 6.33 Å². The van der Waals surface area contributed by atoms with Gasteiger partial charge >= 0.3 is 0 Å². The second-order valence-electron chi connectivity index (χ2n) is 8.27. The van der Waals surface area contributed by atoms with Gasteiger partial charge in [0.05, 0.1) is 31.6 Å². The quantitative estimate of drug-likeness (QED) is 0.432. The van der Waals surface area contributed by atoms with Crippen LogP contribution in [0, 0.1) is 11.3 Å². The topological polar surface area (TPSA) is 108 Å². The second kappa shape index (κ2) is 9.61. The van der Waals surface area contributed by atoms with Gasteiger partial charge in [0.1, 0.15) is 24.0 Å². The van der Waals surface area contributed by atoms with E-state index in [9.17, 15) is 5.26 Å². The molecule has 1 aliphatic rings. The summed E-state index contributed by atoms with van der Waals surface area (Å²) in [6.45, 7) is 1.16. The van der Waals surface area contributed by atoms with E-state index in [0.717, 1.165) is 11.1 Å². The van der Waals surface area contributed by atoms with Gasteiger partial charge in [0.15, 0.2) is 5.82 Å². The van der Waals surface area contributed by atoms with Crippen molar-refractivity contribution in [2.45, 2.75) is 37.4 Å². The van der Waals surface area contributed by atoms with Gasteiger partial charge in [-0.1, -0.05) is 60.7 Å². The fourth-order valence-electron chi connectivity index (χ4n) is 4.35. The normalized spacial score (nSPS) is 22.1. The van der Waals surface area contributed by atoms with Crippen LogP contribution < -0.4 is 5.73 Å². The smallest absolute Gasteiger partial charge is 0.223 e. The van der Waals surface area contributed by atoms with Crippen molar-refractivity contribution in [3.8, 4) is 6.07 Å². The SMILES string of the molecule is N#CC1(c2ccc3c(N)ncnn23)O[C@H](COCc2ccccc2)C[C@H]1OCc1ccccc1. The van der Waals surface area contributed by atoms with Crippen molar-refractivity contribution in [1.82, 2.24) is 14.6 Å². The molecule has 0 saturated carbocycles. The summed E-state index contributed by atoms with van der Waals surface area (Å²) in [4.78, 5) is 4.05. The molecule has 0 amide bonds. The summed E-state index contributed by atoms with van der Waals surface area (Å²) in [5, 5.41) is 14.7. The maximum absolute atomic E-state index is 10.4. The number of hydrogen-bond donors (Lipinski definition) is 1. The molecular formula is C26H25N5O3. The van der Waals surface area contributed by atoms with Gasteiger partial charge in [0, 0.05) is 6.42 Å². The predicted molar refractivity (Wildman–Crippen MR) is 125 cm³/mol. The highest BCUT2D eigenvalue weighted by Gasteiger charge is 2.53. The molecule has 5 rings (SSSR count). The molecule has 8 nitrogen and oxygen atoms in total. The third-order valence-electron chi connectivity index (χ3n) is 6.02. The molecule has 2 aromatic heterocycles. The van der Waals surface area contributed by atoms with Crippen LogP contribution in [0.5, 0.6) is 0 Å². The molecule has 0 spiro atoms. The van der Waals surface area contributed by atoms with Crippen molar-refractivity contribution in [3.63, 3.8) is 0 Å². The first-order valence-corrected chi connectivity index (χ1v) is 11.1. The number of ether oxygens (including phenoxy) is 3. The summed E-state index contributed by atoms with van der Waals surface area (Å²) in [7, 11) is 0. The van der Waals surface area contributed by atoms with E-state index < -0.39 is 11.7 Å². The number of nitrogens with zero attached hydrogens (tertiary/aromatic N) is 4. The molecule has 2 N–H and O–H groups in total. The van der Waals surface area contributed by atoms with Gasteiger partial charge in [0.25, 0.3) is 0 Å². The maximum Gasteiger partial charge on any atom is 0.223 e. The molecule has 1 saturated heterocycles. The second-order valence-corrected chi connectivity index (χ2v) is 8.27. The average molecular weight is 456 g/mol. The lowest BCUT2D eigenvalue weighted by atomic mass is 9.94. The number of fused-ring (bicyclic) bond motifs is 1. The van der Waals surface area contributed by atoms with Crippen molar-refractivity contribution in [2.24, 2.45) is 0 Å². The fraction of sp³-hybridized carbons (Fsp3) is 0.269. The van der Waals surface area contributed by atoms with Crippen LogP contribution in [0.4, 0.5) is 5.82 Å². The molecule has 1 fully saturated rings. The number of benzene rings is 2. The first-order chi connectivity index (χ1) is 16.7. The summed E-state index contributed by atoms with van der Waals surface area (Å²) >= 11 is 0. The van der Waals surface area contributed by atoms with Crippen LogP contribution in [0.3, 0.4) is 0 Å². The van der Waals surface area contributed by atoms with Crippen LogP contribution >= 0.6 is 0 Å². The Balaban J connectivity index is 1.41. The van der Waals surface area contributed by atoms with Crippen molar-refractivity contribution in [1.29, 1.82) is 5.26 Å². The Morgan fingerprint density at radius 1 is 1.03 bits per heavy atom. The monoisotopic (exact) mass is 455 g/mol. The van der Waals surface area contributed by atoms with E-state index in [-0.39, 0.29) is 6.10 Å². The molecule has 3 atom stereocenters. The van der Waals surface area contributed by atoms with Crippen LogP contribution in [0.1, 0.15) is 23.2 Å². The van der Waals surface area contributed by atoms with Crippen LogP contribution in [-0.2, 0) is 33.0 Å². The van der Waals surface area contributed by atoms with Gasteiger partial charge in [-0.3, -0.25) is 0 Å². The molecule has 172 valence electrons. The van der Waals surface area contributed by atoms with Crippen LogP contribution in [0.2, 0.25) is 0 Å². The minimum absolute atomic E-state index is 0.325. The zero-order chi connectivity index (χ0) is 23.4. The molecule has 1 aliphatic heterocycles. The molecule has 0 radical (unpaired) electrons. The lowest BCUT2D eigenvalue weighted by Crippen LogP contribution is -2.38. The summed E-state index contributed by atoms with van der Waals surface area (Å²) in [6.07, 6.45) is 1.01. The van der Waals surface area contributed by atoms with Gasteiger partial charge in [-0.2, -0.15) is 10.4 Å². The summed E-state index contributed by atoms with van der Waals surface area (Å²) < 4.78 is 20.2. The zero-order valence-corrected chi connectivity index (χ0v) is 18.6. The largest absolute Gasteiger partial charge is 0.382 e. The number of hydrogen-bond acceptors (Lipinski definition) is 7. The summed E-state index contributed by atoms with van der Waals surface area (Å²) in [5.74, 6) is 0.330. The molecule has 0 aliphatic carbocycles. The van der Waals surface area contributed by atoms with Gasteiger partial charge < -0.3 is 19.9 Å². The van der Waals surface area contributed by atoms with Crippen LogP contribution in [0.15, 0.2) is 79.1 Å². The number of nitriles is 1. The maximum atomic E-state index is 10.4. The first-order valence-electron chi connectivity index (χ1n) is 11.1. The standard InChI is InChI=1S/C26H25N5O3/c27-17-26(23-12-11-22-25(28)29-18-30-31(22)23)24(33-15-20-9-5-2-6-10-20)13-21(34-26)16-32-14-19-7-3-1-4-8-19/h1-12,18,21,24H,13-16H2,(H2,28,29,30)/t21-,24+,26?/m0/s1. The predicted octanol–water partition coefficient (Wildman–Crippen LogP) is 3.62. The third kappa shape index (κ3) is 4.24. The van der Waals surface area contributed by atoms with E-state index >= 15 is 0 Å². The molecule has 8 heteroatoms. The Labute approximate surface area is 197 Å². The van der Waals surface area contributed by atoms with Crippen molar-refractivity contribution in [3.05, 3.63) is 95.9 Å². The summed E-state index contributed by atoms with van der Waals surface area (Å²) in [6, 6.07) is 25.8. The average Bonchev–Trinajstić information content (AvgIpc) is 3.47. The Hall–Kier alpha value is -3.77. The minimum atomic E-state index is -1.37. The van der Waals surface area contributed by atoms with Crippen LogP contribution in [0.25, 0.3) is 5.52 Å². The van der Waals surface area contributed by atoms with Gasteiger partial charge in [-0.05, 0) is 23.3 Å². The molecule has 2 aromatic carbocycles. The van der Waals surface area contributed by atoms with Crippen molar-refractivity contribution < 1.29 is 14.2 Å². The highest BCUT2D eigenvalue weighted by molar-refractivity contribution is 5.66. The van der Waals surface area contributed by atoms with Gasteiger partial charge in [-0.25, -0.2) is 9.50 Å². The van der Waals surface area contributed by atoms with Gasteiger partial charge in [0.2, 0.25) is 5.60 Å². The lowest BCUT2D eigenvalue weighted by molar-refractivity contribution is -0.0934. The Morgan fingerprint density at radius 2 is 1.74 bits per heavy atom. The summed E-state index contributed by atoms with van der Waals surface area (Å²) in [5.41, 5.74) is 7.92. The molecule has 34 heavy (non-hydrogen) atoms. The number of nitrogen functional groups attached to an aromatic ring is 1.